The minimum Gasteiger partial charge on any atom is -0.310 e. The Bertz CT molecular complexity index is 612. The molecule has 1 fully saturated rings. The van der Waals surface area contributed by atoms with Crippen LogP contribution in [0.1, 0.15) is 12.0 Å². The predicted octanol–water partition coefficient (Wildman–Crippen LogP) is 1.66. The van der Waals surface area contributed by atoms with Gasteiger partial charge >= 0.3 is 17.9 Å². The lowest BCUT2D eigenvalue weighted by atomic mass is 10.1. The van der Waals surface area contributed by atoms with E-state index in [4.69, 9.17) is 13.2 Å². The van der Waals surface area contributed by atoms with Crippen LogP contribution < -0.4 is 4.72 Å². The molecule has 0 radical (unpaired) electrons. The monoisotopic (exact) mass is 335 g/mol. The zero-order chi connectivity index (χ0) is 15.5. The first-order valence-corrected chi connectivity index (χ1v) is 9.38. The van der Waals surface area contributed by atoms with Crippen molar-refractivity contribution in [3.63, 3.8) is 0 Å². The quantitative estimate of drug-likeness (QED) is 0.795. The van der Waals surface area contributed by atoms with E-state index in [1.54, 1.807) is 0 Å². The largest absolute Gasteiger partial charge is 0.361 e. The van der Waals surface area contributed by atoms with Crippen LogP contribution in [-0.2, 0) is 34.5 Å². The zero-order valence-electron chi connectivity index (χ0n) is 11.8. The van der Waals surface area contributed by atoms with Crippen LogP contribution in [0.2, 0.25) is 0 Å². The Labute approximate surface area is 124 Å². The van der Waals surface area contributed by atoms with Crippen LogP contribution in [0.5, 0.6) is 0 Å². The van der Waals surface area contributed by atoms with Crippen LogP contribution >= 0.6 is 7.60 Å². The molecule has 9 heteroatoms. The topological polar surface area (TPSA) is 90.9 Å². The maximum atomic E-state index is 12.4. The molecule has 1 aliphatic heterocycles. The van der Waals surface area contributed by atoms with Gasteiger partial charge in [0.15, 0.2) is 5.85 Å². The molecular weight excluding hydrogens is 317 g/mol. The highest BCUT2D eigenvalue weighted by atomic mass is 32.2. The highest BCUT2D eigenvalue weighted by molar-refractivity contribution is 7.85. The number of benzene rings is 1. The number of nitrogens with one attached hydrogen (secondary N) is 1. The van der Waals surface area contributed by atoms with Gasteiger partial charge in [0.2, 0.25) is 0 Å². The second-order valence-electron chi connectivity index (χ2n) is 4.59. The molecule has 0 saturated carbocycles. The molecule has 1 heterocycles. The fourth-order valence-electron chi connectivity index (χ4n) is 2.19. The molecule has 2 atom stereocenters. The zero-order valence-corrected chi connectivity index (χ0v) is 13.5. The Hall–Kier alpha value is -0.760. The standard InChI is InChI=1S/C12H18NO6PS/c1-17-20(14,18-2)12-11(13-21(15,16)19-12)9-8-10-6-4-3-5-7-10/h3-7,11-13H,8-9H2,1-2H3/t11-,12+/m0/s1. The smallest absolute Gasteiger partial charge is 0.310 e. The molecule has 0 bridgehead atoms. The van der Waals surface area contributed by atoms with E-state index in [2.05, 4.69) is 4.72 Å². The van der Waals surface area contributed by atoms with Crippen molar-refractivity contribution < 1.29 is 26.2 Å². The van der Waals surface area contributed by atoms with Crippen LogP contribution in [0.15, 0.2) is 30.3 Å². The summed E-state index contributed by atoms with van der Waals surface area (Å²) in [5.74, 6) is -1.18. The number of rotatable bonds is 6. The first kappa shape index (κ1) is 16.6. The van der Waals surface area contributed by atoms with Gasteiger partial charge in [-0.1, -0.05) is 30.3 Å². The summed E-state index contributed by atoms with van der Waals surface area (Å²) in [4.78, 5) is 0. The molecule has 2 rings (SSSR count). The molecule has 1 aromatic rings. The van der Waals surface area contributed by atoms with E-state index in [0.29, 0.717) is 12.8 Å². The summed E-state index contributed by atoms with van der Waals surface area (Å²) in [5.41, 5.74) is 1.05. The Kier molecular flexibility index (Phi) is 5.19. The predicted molar refractivity (Wildman–Crippen MR) is 77.1 cm³/mol. The molecule has 0 spiro atoms. The molecule has 21 heavy (non-hydrogen) atoms. The molecule has 1 saturated heterocycles. The summed E-state index contributed by atoms with van der Waals surface area (Å²) in [5, 5.41) is 0. The summed E-state index contributed by atoms with van der Waals surface area (Å²) in [7, 11) is -5.18. The van der Waals surface area contributed by atoms with Gasteiger partial charge in [0.05, 0.1) is 6.04 Å². The van der Waals surface area contributed by atoms with Gasteiger partial charge in [0, 0.05) is 14.2 Å². The lowest BCUT2D eigenvalue weighted by Gasteiger charge is -2.22. The molecule has 1 aromatic carbocycles. The summed E-state index contributed by atoms with van der Waals surface area (Å²) < 4.78 is 52.4. The number of hydrogen-bond acceptors (Lipinski definition) is 6. The Balaban J connectivity index is 2.14. The molecule has 1 aliphatic rings. The summed E-state index contributed by atoms with van der Waals surface area (Å²) in [6.45, 7) is 0. The fourth-order valence-corrected chi connectivity index (χ4v) is 5.34. The van der Waals surface area contributed by atoms with Gasteiger partial charge in [-0.3, -0.25) is 4.57 Å². The Morgan fingerprint density at radius 3 is 2.43 bits per heavy atom. The van der Waals surface area contributed by atoms with Crippen molar-refractivity contribution in [3.8, 4) is 0 Å². The van der Waals surface area contributed by atoms with Gasteiger partial charge in [-0.05, 0) is 18.4 Å². The maximum absolute atomic E-state index is 12.4. The molecule has 0 amide bonds. The first-order chi connectivity index (χ1) is 9.90. The van der Waals surface area contributed by atoms with Crippen molar-refractivity contribution in [1.82, 2.24) is 4.72 Å². The molecule has 0 aliphatic carbocycles. The van der Waals surface area contributed by atoms with Crippen molar-refractivity contribution in [3.05, 3.63) is 35.9 Å². The van der Waals surface area contributed by atoms with Gasteiger partial charge in [-0.25, -0.2) is 4.18 Å². The fraction of sp³-hybridized carbons (Fsp3) is 0.500. The SMILES string of the molecule is COP(=O)(OC)[C@H]1OS(=O)(=O)N[C@H]1CCc1ccccc1. The van der Waals surface area contributed by atoms with Crippen LogP contribution in [0.25, 0.3) is 0 Å². The maximum Gasteiger partial charge on any atom is 0.361 e. The van der Waals surface area contributed by atoms with Crippen molar-refractivity contribution in [2.45, 2.75) is 24.7 Å². The summed E-state index contributed by atoms with van der Waals surface area (Å²) in [6.07, 6.45) is 1.03. The van der Waals surface area contributed by atoms with Crippen molar-refractivity contribution in [1.29, 1.82) is 0 Å². The first-order valence-electron chi connectivity index (χ1n) is 6.36. The average Bonchev–Trinajstić information content (AvgIpc) is 2.81. The molecule has 7 nitrogen and oxygen atoms in total. The third-order valence-electron chi connectivity index (χ3n) is 3.27. The van der Waals surface area contributed by atoms with Crippen LogP contribution in [-0.4, -0.2) is 34.5 Å². The summed E-state index contributed by atoms with van der Waals surface area (Å²) >= 11 is 0. The van der Waals surface area contributed by atoms with Gasteiger partial charge in [-0.2, -0.15) is 13.1 Å². The highest BCUT2D eigenvalue weighted by Crippen LogP contribution is 2.55. The third kappa shape index (κ3) is 3.91. The van der Waals surface area contributed by atoms with Crippen LogP contribution in [0.3, 0.4) is 0 Å². The lowest BCUT2D eigenvalue weighted by Crippen LogP contribution is -2.32. The Morgan fingerprint density at radius 1 is 1.24 bits per heavy atom. The minimum atomic E-state index is -3.93. The Morgan fingerprint density at radius 2 is 1.86 bits per heavy atom. The van der Waals surface area contributed by atoms with E-state index in [9.17, 15) is 13.0 Å². The third-order valence-corrected chi connectivity index (χ3v) is 6.57. The van der Waals surface area contributed by atoms with Gasteiger partial charge < -0.3 is 9.05 Å². The van der Waals surface area contributed by atoms with E-state index >= 15 is 0 Å². The number of hydrogen-bond donors (Lipinski definition) is 1. The van der Waals surface area contributed by atoms with Crippen molar-refractivity contribution in [2.75, 3.05) is 14.2 Å². The van der Waals surface area contributed by atoms with Gasteiger partial charge in [-0.15, -0.1) is 0 Å². The van der Waals surface area contributed by atoms with Gasteiger partial charge in [0.25, 0.3) is 0 Å². The van der Waals surface area contributed by atoms with Crippen LogP contribution in [0.4, 0.5) is 0 Å². The molecule has 0 unspecified atom stereocenters. The second kappa shape index (κ2) is 6.56. The summed E-state index contributed by atoms with van der Waals surface area (Å²) in [6, 6.07) is 8.91. The average molecular weight is 335 g/mol. The molecule has 1 N–H and O–H groups in total. The van der Waals surface area contributed by atoms with E-state index in [1.165, 1.54) is 14.2 Å². The van der Waals surface area contributed by atoms with Gasteiger partial charge in [0.1, 0.15) is 0 Å². The minimum absolute atomic E-state index is 0.421. The highest BCUT2D eigenvalue weighted by Gasteiger charge is 2.50. The molecule has 118 valence electrons. The second-order valence-corrected chi connectivity index (χ2v) is 8.25. The van der Waals surface area contributed by atoms with Crippen LogP contribution in [0, 0.1) is 0 Å². The van der Waals surface area contributed by atoms with E-state index in [1.807, 2.05) is 30.3 Å². The molecular formula is C12H18NO6PS. The van der Waals surface area contributed by atoms with Crippen molar-refractivity contribution >= 4 is 17.9 Å². The van der Waals surface area contributed by atoms with Crippen molar-refractivity contribution in [2.24, 2.45) is 0 Å². The normalized spacial score (nSPS) is 25.0. The molecule has 0 aromatic heterocycles. The van der Waals surface area contributed by atoms with E-state index in [0.717, 1.165) is 5.56 Å². The van der Waals surface area contributed by atoms with E-state index in [-0.39, 0.29) is 0 Å². The van der Waals surface area contributed by atoms with E-state index < -0.39 is 29.8 Å². The lowest BCUT2D eigenvalue weighted by molar-refractivity contribution is 0.193. The number of aryl methyl sites for hydroxylation is 1.